The zero-order valence-corrected chi connectivity index (χ0v) is 11.1. The maximum atomic E-state index is 10.9. The molecule has 1 saturated carbocycles. The molecule has 1 aliphatic carbocycles. The van der Waals surface area contributed by atoms with Gasteiger partial charge < -0.3 is 10.2 Å². The molecule has 0 spiro atoms. The van der Waals surface area contributed by atoms with E-state index in [4.69, 9.17) is 51.5 Å². The summed E-state index contributed by atoms with van der Waals surface area (Å²) >= 11 is 23.2. The number of rotatable bonds is 2. The van der Waals surface area contributed by atoms with Crippen molar-refractivity contribution in [3.8, 4) is 5.75 Å². The summed E-state index contributed by atoms with van der Waals surface area (Å²) < 4.78 is -1.38. The van der Waals surface area contributed by atoms with Gasteiger partial charge in [-0.05, 0) is 17.7 Å². The molecule has 3 nitrogen and oxygen atoms in total. The zero-order valence-electron chi connectivity index (χ0n) is 8.12. The van der Waals surface area contributed by atoms with Crippen molar-refractivity contribution < 1.29 is 15.0 Å². The van der Waals surface area contributed by atoms with Crippen LogP contribution in [0.5, 0.6) is 5.75 Å². The Morgan fingerprint density at radius 1 is 1.29 bits per heavy atom. The van der Waals surface area contributed by atoms with E-state index in [9.17, 15) is 9.90 Å². The zero-order chi connectivity index (χ0) is 13.0. The third-order valence-electron chi connectivity index (χ3n) is 2.71. The molecule has 0 aromatic heterocycles. The molecule has 1 aromatic carbocycles. The third kappa shape index (κ3) is 2.06. The molecule has 0 heterocycles. The van der Waals surface area contributed by atoms with Crippen LogP contribution < -0.4 is 0 Å². The summed E-state index contributed by atoms with van der Waals surface area (Å²) in [5.74, 6) is -2.84. The van der Waals surface area contributed by atoms with Gasteiger partial charge in [-0.25, -0.2) is 0 Å². The Balaban J connectivity index is 2.41. The van der Waals surface area contributed by atoms with E-state index in [2.05, 4.69) is 0 Å². The fourth-order valence-electron chi connectivity index (χ4n) is 1.82. The fraction of sp³-hybridized carbons (Fsp3) is 0.300. The Morgan fingerprint density at radius 3 is 2.29 bits per heavy atom. The van der Waals surface area contributed by atoms with Crippen LogP contribution >= 0.6 is 46.4 Å². The Morgan fingerprint density at radius 2 is 1.88 bits per heavy atom. The number of carboxylic acid groups (broad SMARTS) is 1. The predicted molar refractivity (Wildman–Crippen MR) is 66.4 cm³/mol. The highest BCUT2D eigenvalue weighted by Gasteiger charge is 2.68. The second kappa shape index (κ2) is 4.09. The molecule has 2 rings (SSSR count). The van der Waals surface area contributed by atoms with E-state index in [1.807, 2.05) is 0 Å². The van der Waals surface area contributed by atoms with E-state index in [0.717, 1.165) is 0 Å². The number of hydrogen-bond donors (Lipinski definition) is 2. The lowest BCUT2D eigenvalue weighted by molar-refractivity contribution is -0.138. The average molecular weight is 316 g/mol. The second-order valence-corrected chi connectivity index (χ2v) is 6.03. The van der Waals surface area contributed by atoms with Gasteiger partial charge in [0.2, 0.25) is 0 Å². The molecule has 2 unspecified atom stereocenters. The molecule has 0 saturated heterocycles. The molecule has 1 aromatic rings. The molecule has 0 aliphatic heterocycles. The summed E-state index contributed by atoms with van der Waals surface area (Å²) in [5, 5.41) is 18.6. The van der Waals surface area contributed by atoms with E-state index >= 15 is 0 Å². The maximum absolute atomic E-state index is 10.9. The first-order chi connectivity index (χ1) is 7.76. The van der Waals surface area contributed by atoms with Gasteiger partial charge >= 0.3 is 5.97 Å². The van der Waals surface area contributed by atoms with Crippen LogP contribution in [0.2, 0.25) is 10.0 Å². The van der Waals surface area contributed by atoms with Crippen LogP contribution in [0, 0.1) is 5.92 Å². The SMILES string of the molecule is O=C(O)C1C(c2cc(O)c(Cl)c(Cl)c2)C1(Cl)Cl. The lowest BCUT2D eigenvalue weighted by atomic mass is 10.1. The largest absolute Gasteiger partial charge is 0.506 e. The van der Waals surface area contributed by atoms with Crippen molar-refractivity contribution in [2.45, 2.75) is 10.3 Å². The fourth-order valence-corrected chi connectivity index (χ4v) is 2.97. The van der Waals surface area contributed by atoms with Gasteiger partial charge in [0.15, 0.2) is 0 Å². The van der Waals surface area contributed by atoms with E-state index in [1.54, 1.807) is 0 Å². The standard InChI is InChI=1S/C10H6Cl4O3/c11-4-1-3(2-5(15)8(4)12)6-7(9(16)17)10(6,13)14/h1-2,6-7,15H,(H,16,17). The molecule has 2 N–H and O–H groups in total. The van der Waals surface area contributed by atoms with E-state index in [0.29, 0.717) is 5.56 Å². The number of phenolic OH excluding ortho intramolecular Hbond substituents is 1. The Labute approximate surface area is 117 Å². The number of alkyl halides is 2. The lowest BCUT2D eigenvalue weighted by Gasteiger charge is -2.05. The van der Waals surface area contributed by atoms with E-state index in [1.165, 1.54) is 12.1 Å². The minimum atomic E-state index is -1.38. The van der Waals surface area contributed by atoms with Gasteiger partial charge in [-0.15, -0.1) is 0 Å². The van der Waals surface area contributed by atoms with Gasteiger partial charge in [0.05, 0.1) is 10.9 Å². The highest BCUT2D eigenvalue weighted by molar-refractivity contribution is 6.53. The maximum Gasteiger partial charge on any atom is 0.310 e. The normalized spacial score (nSPS) is 25.6. The number of phenols is 1. The Bertz CT molecular complexity index is 477. The number of carboxylic acids is 1. The van der Waals surface area contributed by atoms with Crippen molar-refractivity contribution in [3.05, 3.63) is 27.7 Å². The van der Waals surface area contributed by atoms with Crippen LogP contribution in [0.25, 0.3) is 0 Å². The highest BCUT2D eigenvalue weighted by atomic mass is 35.5. The van der Waals surface area contributed by atoms with Gasteiger partial charge in [0.1, 0.15) is 15.1 Å². The lowest BCUT2D eigenvalue weighted by Crippen LogP contribution is -2.03. The summed E-state index contributed by atoms with van der Waals surface area (Å²) in [6.45, 7) is 0. The summed E-state index contributed by atoms with van der Waals surface area (Å²) in [6.07, 6.45) is 0. The van der Waals surface area contributed by atoms with Gasteiger partial charge in [0.25, 0.3) is 0 Å². The summed E-state index contributed by atoms with van der Waals surface area (Å²) in [5.41, 5.74) is 0.453. The summed E-state index contributed by atoms with van der Waals surface area (Å²) in [7, 11) is 0. The van der Waals surface area contributed by atoms with E-state index in [-0.39, 0.29) is 15.8 Å². The number of aliphatic carboxylic acids is 1. The third-order valence-corrected chi connectivity index (χ3v) is 4.44. The van der Waals surface area contributed by atoms with Crippen molar-refractivity contribution in [1.82, 2.24) is 0 Å². The van der Waals surface area contributed by atoms with Crippen LogP contribution in [0.4, 0.5) is 0 Å². The quantitative estimate of drug-likeness (QED) is 0.819. The van der Waals surface area contributed by atoms with E-state index < -0.39 is 22.1 Å². The van der Waals surface area contributed by atoms with Gasteiger partial charge in [-0.1, -0.05) is 46.4 Å². The highest BCUT2D eigenvalue weighted by Crippen LogP contribution is 2.65. The Hall–Kier alpha value is -0.350. The van der Waals surface area contributed by atoms with Crippen LogP contribution in [-0.4, -0.2) is 20.5 Å². The molecular formula is C10H6Cl4O3. The minimum absolute atomic E-state index is 0.0117. The van der Waals surface area contributed by atoms with Crippen molar-refractivity contribution in [2.75, 3.05) is 0 Å². The first-order valence-electron chi connectivity index (χ1n) is 4.55. The molecule has 2 atom stereocenters. The summed E-state index contributed by atoms with van der Waals surface area (Å²) in [4.78, 5) is 10.9. The van der Waals surface area contributed by atoms with Crippen LogP contribution in [0.3, 0.4) is 0 Å². The van der Waals surface area contributed by atoms with Crippen molar-refractivity contribution in [2.24, 2.45) is 5.92 Å². The molecule has 92 valence electrons. The number of halogens is 4. The van der Waals surface area contributed by atoms with Crippen LogP contribution in [0.1, 0.15) is 11.5 Å². The predicted octanol–water partition coefficient (Wildman–Crippen LogP) is 3.67. The smallest absolute Gasteiger partial charge is 0.310 e. The second-order valence-electron chi connectivity index (χ2n) is 3.80. The molecule has 0 radical (unpaired) electrons. The molecule has 1 fully saturated rings. The minimum Gasteiger partial charge on any atom is -0.506 e. The van der Waals surface area contributed by atoms with Gasteiger partial charge in [-0.2, -0.15) is 0 Å². The Kier molecular flexibility index (Phi) is 3.15. The number of carbonyl (C=O) groups is 1. The van der Waals surface area contributed by atoms with Gasteiger partial charge in [0, 0.05) is 5.92 Å². The average Bonchev–Trinajstić information content (AvgIpc) is 2.77. The van der Waals surface area contributed by atoms with Crippen LogP contribution in [0.15, 0.2) is 12.1 Å². The number of aromatic hydroxyl groups is 1. The van der Waals surface area contributed by atoms with Crippen molar-refractivity contribution >= 4 is 52.4 Å². The molecule has 0 bridgehead atoms. The number of hydrogen-bond acceptors (Lipinski definition) is 2. The topological polar surface area (TPSA) is 57.5 Å². The first kappa shape index (κ1) is 13.1. The van der Waals surface area contributed by atoms with Crippen molar-refractivity contribution in [3.63, 3.8) is 0 Å². The molecular weight excluding hydrogens is 310 g/mol. The molecule has 0 amide bonds. The molecule has 1 aliphatic rings. The van der Waals surface area contributed by atoms with Crippen LogP contribution in [-0.2, 0) is 4.79 Å². The molecule has 7 heteroatoms. The monoisotopic (exact) mass is 314 g/mol. The number of benzene rings is 1. The molecule has 17 heavy (non-hydrogen) atoms. The van der Waals surface area contributed by atoms with Gasteiger partial charge in [-0.3, -0.25) is 4.79 Å². The van der Waals surface area contributed by atoms with Crippen molar-refractivity contribution in [1.29, 1.82) is 0 Å². The summed E-state index contributed by atoms with van der Waals surface area (Å²) in [6, 6.07) is 2.78. The first-order valence-corrected chi connectivity index (χ1v) is 6.06.